The van der Waals surface area contributed by atoms with Crippen molar-refractivity contribution in [3.05, 3.63) is 78.1 Å². The molecule has 4 aromatic rings. The van der Waals surface area contributed by atoms with Crippen LogP contribution in [-0.2, 0) is 18.6 Å². The van der Waals surface area contributed by atoms with Crippen molar-refractivity contribution in [1.29, 1.82) is 0 Å². The van der Waals surface area contributed by atoms with Crippen LogP contribution in [0.1, 0.15) is 39.0 Å². The fourth-order valence-corrected chi connectivity index (χ4v) is 4.54. The molecule has 0 aliphatic rings. The fourth-order valence-electron chi connectivity index (χ4n) is 2.71. The maximum Gasteiger partial charge on any atom is 0.217 e. The van der Waals surface area contributed by atoms with Crippen LogP contribution in [0, 0.1) is 12.7 Å². The van der Waals surface area contributed by atoms with E-state index in [0.29, 0.717) is 21.4 Å². The molecule has 0 aliphatic carbocycles. The average molecular weight is 433 g/mol. The zero-order chi connectivity index (χ0) is 20.6. The van der Waals surface area contributed by atoms with Gasteiger partial charge in [0.15, 0.2) is 16.4 Å². The van der Waals surface area contributed by atoms with Crippen molar-refractivity contribution in [2.24, 2.45) is 0 Å². The van der Waals surface area contributed by atoms with Gasteiger partial charge < -0.3 is 10.1 Å². The van der Waals surface area contributed by atoms with E-state index in [2.05, 4.69) is 25.3 Å². The lowest BCUT2D eigenvalue weighted by Gasteiger charge is -2.16. The molecule has 4 rings (SSSR count). The Bertz CT molecular complexity index is 1210. The van der Waals surface area contributed by atoms with Gasteiger partial charge in [0.05, 0.1) is 17.9 Å². The van der Waals surface area contributed by atoms with Crippen LogP contribution in [0.5, 0.6) is 0 Å². The van der Waals surface area contributed by atoms with Crippen molar-refractivity contribution < 1.29 is 9.50 Å². The molecular formula is C18H17FN6O2S2. The van der Waals surface area contributed by atoms with E-state index < -0.39 is 16.8 Å². The summed E-state index contributed by atoms with van der Waals surface area (Å²) in [7, 11) is 0. The molecule has 0 amide bonds. The predicted octanol–water partition coefficient (Wildman–Crippen LogP) is 2.22. The molecule has 0 radical (unpaired) electrons. The topological polar surface area (TPSA) is 110 Å². The van der Waals surface area contributed by atoms with Crippen LogP contribution >= 0.6 is 22.7 Å². The van der Waals surface area contributed by atoms with Crippen molar-refractivity contribution in [3.8, 4) is 0 Å². The number of aromatic nitrogens is 6. The molecule has 1 atom stereocenters. The van der Waals surface area contributed by atoms with E-state index in [9.17, 15) is 14.3 Å². The number of aliphatic hydroxyl groups is 1. The average Bonchev–Trinajstić information content (AvgIpc) is 3.41. The van der Waals surface area contributed by atoms with Crippen LogP contribution in [0.3, 0.4) is 0 Å². The summed E-state index contributed by atoms with van der Waals surface area (Å²) in [5, 5.41) is 27.1. The van der Waals surface area contributed by atoms with Gasteiger partial charge in [-0.1, -0.05) is 11.3 Å². The Hall–Kier alpha value is -2.76. The fraction of sp³-hybridized carbons (Fsp3) is 0.278. The van der Waals surface area contributed by atoms with Crippen molar-refractivity contribution in [2.75, 3.05) is 0 Å². The second-order valence-electron chi connectivity index (χ2n) is 6.68. The molecule has 0 fully saturated rings. The third-order valence-corrected chi connectivity index (χ3v) is 6.55. The number of H-pyrrole nitrogens is 1. The van der Waals surface area contributed by atoms with Crippen molar-refractivity contribution in [3.63, 3.8) is 0 Å². The van der Waals surface area contributed by atoms with Gasteiger partial charge in [0.25, 0.3) is 0 Å². The number of nitrogens with one attached hydrogen (secondary N) is 1. The molecule has 29 heavy (non-hydrogen) atoms. The van der Waals surface area contributed by atoms with Gasteiger partial charge in [-0.25, -0.2) is 9.37 Å². The summed E-state index contributed by atoms with van der Waals surface area (Å²) in [5.41, 5.74) is -0.228. The third-order valence-electron chi connectivity index (χ3n) is 4.24. The second kappa shape index (κ2) is 7.58. The first kappa shape index (κ1) is 19.6. The van der Waals surface area contributed by atoms with Gasteiger partial charge in [-0.3, -0.25) is 9.48 Å². The summed E-state index contributed by atoms with van der Waals surface area (Å²) in [6.45, 7) is 3.63. The van der Waals surface area contributed by atoms with E-state index in [4.69, 9.17) is 0 Å². The number of halogens is 1. The first-order valence-corrected chi connectivity index (χ1v) is 10.4. The minimum absolute atomic E-state index is 0.112. The lowest BCUT2D eigenvalue weighted by molar-refractivity contribution is 0.101. The van der Waals surface area contributed by atoms with Gasteiger partial charge in [-0.2, -0.15) is 5.10 Å². The Balaban J connectivity index is 1.48. The largest absolute Gasteiger partial charge is 0.376 e. The highest BCUT2D eigenvalue weighted by molar-refractivity contribution is 7.12. The molecule has 4 heterocycles. The minimum atomic E-state index is -1.30. The lowest BCUT2D eigenvalue weighted by Crippen LogP contribution is -2.22. The Morgan fingerprint density at radius 3 is 2.90 bits per heavy atom. The van der Waals surface area contributed by atoms with E-state index in [-0.39, 0.29) is 12.2 Å². The van der Waals surface area contributed by atoms with Gasteiger partial charge in [-0.15, -0.1) is 21.5 Å². The molecule has 1 unspecified atom stereocenters. The highest BCUT2D eigenvalue weighted by Gasteiger charge is 2.33. The van der Waals surface area contributed by atoms with E-state index >= 15 is 0 Å². The molecule has 11 heteroatoms. The standard InChI is InChI=1S/C18H17FN6O2S2/c1-10-9-28-16(21-10)18(2,27)17-23-22-14(29-17)7-11-4-6-25(24-11)8-12-15(19)13(26)3-5-20-12/h3-6,9,27H,7-8H2,1-2H3,(H,20,26). The molecule has 0 aromatic carbocycles. The summed E-state index contributed by atoms with van der Waals surface area (Å²) in [6.07, 6.45) is 3.53. The minimum Gasteiger partial charge on any atom is -0.376 e. The van der Waals surface area contributed by atoms with Crippen molar-refractivity contribution in [1.82, 2.24) is 29.9 Å². The summed E-state index contributed by atoms with van der Waals surface area (Å²) < 4.78 is 15.4. The number of hydrogen-bond donors (Lipinski definition) is 2. The van der Waals surface area contributed by atoms with Gasteiger partial charge in [-0.05, 0) is 19.9 Å². The molecule has 2 N–H and O–H groups in total. The monoisotopic (exact) mass is 432 g/mol. The highest BCUT2D eigenvalue weighted by atomic mass is 32.1. The SMILES string of the molecule is Cc1csc(C(C)(O)c2nnc(Cc3ccn(Cc4[nH]ccc(=O)c4F)n3)s2)n1. The summed E-state index contributed by atoms with van der Waals surface area (Å²) >= 11 is 2.67. The zero-order valence-corrected chi connectivity index (χ0v) is 17.2. The van der Waals surface area contributed by atoms with Gasteiger partial charge in [0.2, 0.25) is 5.43 Å². The highest BCUT2D eigenvalue weighted by Crippen LogP contribution is 2.33. The van der Waals surface area contributed by atoms with Crippen LogP contribution in [0.2, 0.25) is 0 Å². The van der Waals surface area contributed by atoms with Crippen LogP contribution in [-0.4, -0.2) is 35.1 Å². The van der Waals surface area contributed by atoms with E-state index in [1.165, 1.54) is 28.9 Å². The van der Waals surface area contributed by atoms with Crippen molar-refractivity contribution in [2.45, 2.75) is 32.4 Å². The number of pyridine rings is 1. The Morgan fingerprint density at radius 2 is 2.14 bits per heavy atom. The first-order chi connectivity index (χ1) is 13.8. The lowest BCUT2D eigenvalue weighted by atomic mass is 10.1. The number of hydrogen-bond acceptors (Lipinski definition) is 8. The second-order valence-corrected chi connectivity index (χ2v) is 8.60. The van der Waals surface area contributed by atoms with E-state index in [0.717, 1.165) is 17.5 Å². The number of nitrogens with zero attached hydrogens (tertiary/aromatic N) is 5. The third kappa shape index (κ3) is 4.02. The molecule has 4 aromatic heterocycles. The molecule has 0 aliphatic heterocycles. The summed E-state index contributed by atoms with van der Waals surface area (Å²) in [4.78, 5) is 18.5. The maximum absolute atomic E-state index is 13.9. The maximum atomic E-state index is 13.9. The molecule has 0 spiro atoms. The predicted molar refractivity (Wildman–Crippen MR) is 107 cm³/mol. The smallest absolute Gasteiger partial charge is 0.217 e. The van der Waals surface area contributed by atoms with Gasteiger partial charge in [0, 0.05) is 36.0 Å². The normalized spacial score (nSPS) is 13.5. The molecule has 8 nitrogen and oxygen atoms in total. The Morgan fingerprint density at radius 1 is 1.31 bits per heavy atom. The zero-order valence-electron chi connectivity index (χ0n) is 15.6. The molecular weight excluding hydrogens is 415 g/mol. The quantitative estimate of drug-likeness (QED) is 0.484. The number of rotatable bonds is 6. The van der Waals surface area contributed by atoms with Crippen LogP contribution in [0.15, 0.2) is 34.7 Å². The summed E-state index contributed by atoms with van der Waals surface area (Å²) in [6, 6.07) is 2.94. The van der Waals surface area contributed by atoms with Crippen LogP contribution in [0.25, 0.3) is 0 Å². The molecule has 0 saturated heterocycles. The van der Waals surface area contributed by atoms with Crippen LogP contribution < -0.4 is 5.43 Å². The summed E-state index contributed by atoms with van der Waals surface area (Å²) in [5.74, 6) is -0.807. The first-order valence-electron chi connectivity index (χ1n) is 8.69. The van der Waals surface area contributed by atoms with Gasteiger partial charge in [0.1, 0.15) is 10.0 Å². The Kier molecular flexibility index (Phi) is 5.11. The number of aromatic amines is 1. The number of aryl methyl sites for hydroxylation is 1. The molecule has 0 saturated carbocycles. The molecule has 150 valence electrons. The van der Waals surface area contributed by atoms with Crippen molar-refractivity contribution >= 4 is 22.7 Å². The molecule has 0 bridgehead atoms. The van der Waals surface area contributed by atoms with Gasteiger partial charge >= 0.3 is 0 Å². The van der Waals surface area contributed by atoms with E-state index in [1.54, 1.807) is 23.9 Å². The Labute approximate surface area is 172 Å². The number of thiazole rings is 1. The van der Waals surface area contributed by atoms with E-state index in [1.807, 2.05) is 12.3 Å². The van der Waals surface area contributed by atoms with Crippen LogP contribution in [0.4, 0.5) is 4.39 Å².